The van der Waals surface area contributed by atoms with Gasteiger partial charge in [0.1, 0.15) is 5.75 Å². The van der Waals surface area contributed by atoms with Gasteiger partial charge in [0.15, 0.2) is 11.5 Å². The molecule has 1 atom stereocenters. The Kier molecular flexibility index (Phi) is 3.50. The van der Waals surface area contributed by atoms with E-state index in [0.717, 1.165) is 29.5 Å². The molecule has 134 valence electrons. The van der Waals surface area contributed by atoms with Crippen LogP contribution in [0.3, 0.4) is 0 Å². The summed E-state index contributed by atoms with van der Waals surface area (Å²) in [6, 6.07) is 10.8. The summed E-state index contributed by atoms with van der Waals surface area (Å²) in [7, 11) is 3.29. The van der Waals surface area contributed by atoms with E-state index >= 15 is 0 Å². The van der Waals surface area contributed by atoms with Crippen LogP contribution >= 0.6 is 0 Å². The highest BCUT2D eigenvalue weighted by Crippen LogP contribution is 2.43. The van der Waals surface area contributed by atoms with Crippen LogP contribution in [0.15, 0.2) is 30.3 Å². The number of phenolic OH excluding ortho intramolecular Hbond substituents is 1. The van der Waals surface area contributed by atoms with Crippen LogP contribution in [0.25, 0.3) is 21.5 Å². The Labute approximate surface area is 152 Å². The van der Waals surface area contributed by atoms with Gasteiger partial charge in [-0.1, -0.05) is 6.07 Å². The van der Waals surface area contributed by atoms with Gasteiger partial charge in [0.2, 0.25) is 0 Å². The second-order valence-corrected chi connectivity index (χ2v) is 7.41. The molecule has 2 aliphatic rings. The molecule has 0 bridgehead atoms. The molecule has 0 aromatic heterocycles. The van der Waals surface area contributed by atoms with Crippen molar-refractivity contribution in [1.82, 2.24) is 4.90 Å². The SMILES string of the molecule is COc1ccc2c3c(c4cc(O)c(OC)cc4c2c1)CN1CCCC1C3. The number of benzene rings is 3. The Hall–Kier alpha value is -2.46. The van der Waals surface area contributed by atoms with Crippen molar-refractivity contribution in [3.8, 4) is 17.2 Å². The molecule has 4 nitrogen and oxygen atoms in total. The van der Waals surface area contributed by atoms with Crippen LogP contribution in [0.2, 0.25) is 0 Å². The molecule has 3 aromatic carbocycles. The minimum atomic E-state index is 0.202. The van der Waals surface area contributed by atoms with E-state index in [-0.39, 0.29) is 5.75 Å². The summed E-state index contributed by atoms with van der Waals surface area (Å²) in [6.07, 6.45) is 3.64. The fraction of sp³-hybridized carbons (Fsp3) is 0.364. The summed E-state index contributed by atoms with van der Waals surface area (Å²) in [4.78, 5) is 2.60. The lowest BCUT2D eigenvalue weighted by molar-refractivity contribution is 0.229. The number of aromatic hydroxyl groups is 1. The number of phenols is 1. The van der Waals surface area contributed by atoms with Crippen molar-refractivity contribution in [1.29, 1.82) is 0 Å². The van der Waals surface area contributed by atoms with Gasteiger partial charge in [-0.25, -0.2) is 0 Å². The number of hydrogen-bond acceptors (Lipinski definition) is 4. The van der Waals surface area contributed by atoms with Crippen LogP contribution in [0, 0.1) is 0 Å². The van der Waals surface area contributed by atoms with Gasteiger partial charge >= 0.3 is 0 Å². The van der Waals surface area contributed by atoms with Crippen molar-refractivity contribution in [2.45, 2.75) is 31.8 Å². The molecule has 2 heterocycles. The van der Waals surface area contributed by atoms with Gasteiger partial charge in [-0.15, -0.1) is 0 Å². The third-order valence-corrected chi connectivity index (χ3v) is 6.15. The van der Waals surface area contributed by atoms with Crippen LogP contribution < -0.4 is 9.47 Å². The molecule has 0 saturated carbocycles. The van der Waals surface area contributed by atoms with Crippen molar-refractivity contribution < 1.29 is 14.6 Å². The third-order valence-electron chi connectivity index (χ3n) is 6.15. The Morgan fingerprint density at radius 2 is 1.81 bits per heavy atom. The van der Waals surface area contributed by atoms with E-state index in [4.69, 9.17) is 9.47 Å². The Morgan fingerprint density at radius 3 is 2.62 bits per heavy atom. The largest absolute Gasteiger partial charge is 0.504 e. The van der Waals surface area contributed by atoms with Crippen LogP contribution in [0.4, 0.5) is 0 Å². The highest BCUT2D eigenvalue weighted by atomic mass is 16.5. The molecule has 1 fully saturated rings. The van der Waals surface area contributed by atoms with Crippen molar-refractivity contribution in [2.75, 3.05) is 20.8 Å². The van der Waals surface area contributed by atoms with E-state index in [1.54, 1.807) is 14.2 Å². The van der Waals surface area contributed by atoms with Gasteiger partial charge in [0.05, 0.1) is 14.2 Å². The molecule has 1 N–H and O–H groups in total. The molecule has 1 unspecified atom stereocenters. The first-order valence-corrected chi connectivity index (χ1v) is 9.26. The number of hydrogen-bond donors (Lipinski definition) is 1. The summed E-state index contributed by atoms with van der Waals surface area (Å²) in [5, 5.41) is 15.1. The van der Waals surface area contributed by atoms with Gasteiger partial charge in [-0.2, -0.15) is 0 Å². The second-order valence-electron chi connectivity index (χ2n) is 7.41. The van der Waals surface area contributed by atoms with E-state index in [1.807, 2.05) is 18.2 Å². The van der Waals surface area contributed by atoms with Gasteiger partial charge in [-0.05, 0) is 82.7 Å². The lowest BCUT2D eigenvalue weighted by atomic mass is 9.85. The average molecular weight is 349 g/mol. The van der Waals surface area contributed by atoms with E-state index in [2.05, 4.69) is 17.0 Å². The smallest absolute Gasteiger partial charge is 0.161 e. The van der Waals surface area contributed by atoms with Crippen LogP contribution in [-0.2, 0) is 13.0 Å². The average Bonchev–Trinajstić information content (AvgIpc) is 3.13. The molecule has 1 saturated heterocycles. The first kappa shape index (κ1) is 15.8. The normalized spacial score (nSPS) is 19.5. The van der Waals surface area contributed by atoms with Gasteiger partial charge in [-0.3, -0.25) is 4.90 Å². The molecule has 0 radical (unpaired) electrons. The highest BCUT2D eigenvalue weighted by Gasteiger charge is 2.32. The first-order chi connectivity index (χ1) is 12.7. The molecule has 0 aliphatic carbocycles. The summed E-state index contributed by atoms with van der Waals surface area (Å²) in [5.41, 5.74) is 2.79. The van der Waals surface area contributed by atoms with Crippen LogP contribution in [0.5, 0.6) is 17.2 Å². The summed E-state index contributed by atoms with van der Waals surface area (Å²) >= 11 is 0. The zero-order valence-electron chi connectivity index (χ0n) is 15.2. The van der Waals surface area contributed by atoms with Gasteiger partial charge < -0.3 is 14.6 Å². The molecule has 0 spiro atoms. The quantitative estimate of drug-likeness (QED) is 0.703. The maximum absolute atomic E-state index is 10.4. The lowest BCUT2D eigenvalue weighted by Gasteiger charge is -2.33. The predicted octanol–water partition coefficient (Wildman–Crippen LogP) is 4.24. The molecule has 2 aliphatic heterocycles. The Morgan fingerprint density at radius 1 is 0.962 bits per heavy atom. The summed E-state index contributed by atoms with van der Waals surface area (Å²) in [6.45, 7) is 2.14. The highest BCUT2D eigenvalue weighted by molar-refractivity contribution is 6.12. The number of ether oxygens (including phenoxy) is 2. The third kappa shape index (κ3) is 2.18. The number of nitrogens with zero attached hydrogens (tertiary/aromatic N) is 1. The number of fused-ring (bicyclic) bond motifs is 7. The lowest BCUT2D eigenvalue weighted by Crippen LogP contribution is -2.35. The van der Waals surface area contributed by atoms with Crippen molar-refractivity contribution in [3.63, 3.8) is 0 Å². The molecule has 5 rings (SSSR count). The maximum atomic E-state index is 10.4. The van der Waals surface area contributed by atoms with Crippen molar-refractivity contribution in [3.05, 3.63) is 41.5 Å². The fourth-order valence-electron chi connectivity index (χ4n) is 4.85. The first-order valence-electron chi connectivity index (χ1n) is 9.26. The standard InChI is InChI=1S/C22H23NO3/c1-25-14-5-6-15-16-8-13-4-3-7-23(13)12-20(16)18-10-21(24)22(26-2)11-19(18)17(15)9-14/h5-6,9-11,13,24H,3-4,7-8,12H2,1-2H3. The molecular formula is C22H23NO3. The molecule has 0 amide bonds. The summed E-state index contributed by atoms with van der Waals surface area (Å²) < 4.78 is 10.9. The Balaban J connectivity index is 1.89. The van der Waals surface area contributed by atoms with E-state index in [0.29, 0.717) is 11.8 Å². The molecule has 4 heteroatoms. The molecule has 3 aromatic rings. The van der Waals surface area contributed by atoms with E-state index in [1.165, 1.54) is 41.3 Å². The number of methoxy groups -OCH3 is 2. The zero-order chi connectivity index (χ0) is 17.8. The zero-order valence-corrected chi connectivity index (χ0v) is 15.2. The van der Waals surface area contributed by atoms with Crippen LogP contribution in [0.1, 0.15) is 24.0 Å². The monoisotopic (exact) mass is 349 g/mol. The molecular weight excluding hydrogens is 326 g/mol. The Bertz CT molecular complexity index is 1030. The van der Waals surface area contributed by atoms with Gasteiger partial charge in [0, 0.05) is 12.6 Å². The van der Waals surface area contributed by atoms with Gasteiger partial charge in [0.25, 0.3) is 0 Å². The van der Waals surface area contributed by atoms with Crippen LogP contribution in [-0.4, -0.2) is 36.8 Å². The minimum Gasteiger partial charge on any atom is -0.504 e. The van der Waals surface area contributed by atoms with E-state index < -0.39 is 0 Å². The molecule has 26 heavy (non-hydrogen) atoms. The minimum absolute atomic E-state index is 0.202. The fourth-order valence-corrected chi connectivity index (χ4v) is 4.85. The van der Waals surface area contributed by atoms with Crippen molar-refractivity contribution in [2.24, 2.45) is 0 Å². The summed E-state index contributed by atoms with van der Waals surface area (Å²) in [5.74, 6) is 1.56. The predicted molar refractivity (Wildman–Crippen MR) is 103 cm³/mol. The maximum Gasteiger partial charge on any atom is 0.161 e. The number of rotatable bonds is 2. The van der Waals surface area contributed by atoms with Crippen molar-refractivity contribution >= 4 is 21.5 Å². The van der Waals surface area contributed by atoms with E-state index in [9.17, 15) is 5.11 Å². The second kappa shape index (κ2) is 5.78. The topological polar surface area (TPSA) is 41.9 Å².